The molecule has 0 radical (unpaired) electrons. The smallest absolute Gasteiger partial charge is 0.313 e. The van der Waals surface area contributed by atoms with Gasteiger partial charge < -0.3 is 15.7 Å². The molecule has 0 aromatic carbocycles. The number of thioether (sulfide) groups is 1. The topological polar surface area (TPSA) is 95.5 Å². The highest BCUT2D eigenvalue weighted by atomic mass is 32.2. The van der Waals surface area contributed by atoms with Crippen molar-refractivity contribution in [2.75, 3.05) is 24.6 Å². The second kappa shape index (κ2) is 8.10. The fourth-order valence-electron chi connectivity index (χ4n) is 0.721. The van der Waals surface area contributed by atoms with Crippen molar-refractivity contribution < 1.29 is 19.5 Å². The summed E-state index contributed by atoms with van der Waals surface area (Å²) in [6.07, 6.45) is 0. The molecular weight excluding hydrogens is 220 g/mol. The second-order valence-electron chi connectivity index (χ2n) is 2.62. The van der Waals surface area contributed by atoms with E-state index in [0.29, 0.717) is 6.54 Å². The predicted octanol–water partition coefficient (Wildman–Crippen LogP) is -0.943. The van der Waals surface area contributed by atoms with Gasteiger partial charge in [0.05, 0.1) is 18.1 Å². The number of likely N-dealkylation sites (N-methyl/N-ethyl adjacent to an activating group) is 1. The molecule has 3 N–H and O–H groups in total. The zero-order valence-electron chi connectivity index (χ0n) is 8.41. The van der Waals surface area contributed by atoms with Gasteiger partial charge in [-0.15, -0.1) is 11.8 Å². The molecule has 0 fully saturated rings. The molecule has 0 unspecified atom stereocenters. The number of carboxylic acid groups (broad SMARTS) is 1. The Morgan fingerprint density at radius 3 is 2.33 bits per heavy atom. The second-order valence-corrected chi connectivity index (χ2v) is 3.60. The van der Waals surface area contributed by atoms with Crippen LogP contribution in [-0.2, 0) is 14.4 Å². The minimum Gasteiger partial charge on any atom is -0.481 e. The molecule has 0 aliphatic rings. The summed E-state index contributed by atoms with van der Waals surface area (Å²) < 4.78 is 0. The summed E-state index contributed by atoms with van der Waals surface area (Å²) in [6.45, 7) is 2.23. The normalized spacial score (nSPS) is 9.40. The van der Waals surface area contributed by atoms with Gasteiger partial charge in [0.15, 0.2) is 0 Å². The molecule has 0 aromatic heterocycles. The first kappa shape index (κ1) is 13.8. The standard InChI is InChI=1S/C8H14N2O4S/c1-2-9-6(11)3-10-7(12)4-15-5-8(13)14/h2-5H2,1H3,(H,9,11)(H,10,12)(H,13,14). The maximum atomic E-state index is 11.0. The van der Waals surface area contributed by atoms with Gasteiger partial charge in [0, 0.05) is 6.54 Å². The summed E-state index contributed by atoms with van der Waals surface area (Å²) in [5, 5.41) is 13.2. The van der Waals surface area contributed by atoms with Gasteiger partial charge in [-0.25, -0.2) is 0 Å². The number of hydrogen-bond donors (Lipinski definition) is 3. The van der Waals surface area contributed by atoms with E-state index in [-0.39, 0.29) is 29.9 Å². The Bertz CT molecular complexity index is 245. The Kier molecular flexibility index (Phi) is 7.43. The Morgan fingerprint density at radius 2 is 1.80 bits per heavy atom. The van der Waals surface area contributed by atoms with Gasteiger partial charge >= 0.3 is 5.97 Å². The van der Waals surface area contributed by atoms with Gasteiger partial charge in [0.1, 0.15) is 0 Å². The Balaban J connectivity index is 3.49. The first-order valence-electron chi connectivity index (χ1n) is 4.39. The molecule has 0 aromatic rings. The highest BCUT2D eigenvalue weighted by molar-refractivity contribution is 8.00. The fraction of sp³-hybridized carbons (Fsp3) is 0.625. The number of carbonyl (C=O) groups excluding carboxylic acids is 2. The van der Waals surface area contributed by atoms with Crippen LogP contribution >= 0.6 is 11.8 Å². The van der Waals surface area contributed by atoms with Crippen molar-refractivity contribution in [2.24, 2.45) is 0 Å². The molecule has 6 nitrogen and oxygen atoms in total. The lowest BCUT2D eigenvalue weighted by molar-refractivity contribution is -0.133. The minimum atomic E-state index is -0.962. The number of rotatable bonds is 7. The number of carbonyl (C=O) groups is 3. The summed E-state index contributed by atoms with van der Waals surface area (Å²) in [5.74, 6) is -1.63. The van der Waals surface area contributed by atoms with Crippen molar-refractivity contribution in [3.63, 3.8) is 0 Å². The lowest BCUT2D eigenvalue weighted by Gasteiger charge is -2.04. The average molecular weight is 234 g/mol. The molecule has 15 heavy (non-hydrogen) atoms. The molecule has 2 amide bonds. The summed E-state index contributed by atoms with van der Waals surface area (Å²) in [5.41, 5.74) is 0. The number of nitrogens with one attached hydrogen (secondary N) is 2. The lowest BCUT2D eigenvalue weighted by Crippen LogP contribution is -2.37. The molecule has 0 atom stereocenters. The molecule has 0 aliphatic carbocycles. The van der Waals surface area contributed by atoms with Crippen LogP contribution in [0.4, 0.5) is 0 Å². The summed E-state index contributed by atoms with van der Waals surface area (Å²) >= 11 is 0.991. The van der Waals surface area contributed by atoms with Crippen LogP contribution in [0.2, 0.25) is 0 Å². The van der Waals surface area contributed by atoms with Crippen LogP contribution in [-0.4, -0.2) is 47.5 Å². The maximum Gasteiger partial charge on any atom is 0.313 e. The van der Waals surface area contributed by atoms with Gasteiger partial charge in [0.25, 0.3) is 0 Å². The number of aliphatic carboxylic acids is 1. The van der Waals surface area contributed by atoms with Crippen molar-refractivity contribution in [1.29, 1.82) is 0 Å². The zero-order valence-corrected chi connectivity index (χ0v) is 9.23. The molecule has 86 valence electrons. The van der Waals surface area contributed by atoms with E-state index in [1.54, 1.807) is 6.92 Å². The number of amides is 2. The lowest BCUT2D eigenvalue weighted by atomic mass is 10.5. The van der Waals surface area contributed by atoms with Gasteiger partial charge in [0.2, 0.25) is 11.8 Å². The SMILES string of the molecule is CCNC(=O)CNC(=O)CSCC(=O)O. The van der Waals surface area contributed by atoms with Crippen LogP contribution in [0.25, 0.3) is 0 Å². The Labute approximate surface area is 91.8 Å². The van der Waals surface area contributed by atoms with E-state index in [2.05, 4.69) is 10.6 Å². The maximum absolute atomic E-state index is 11.0. The van der Waals surface area contributed by atoms with E-state index in [1.807, 2.05) is 0 Å². The van der Waals surface area contributed by atoms with Gasteiger partial charge in [-0.2, -0.15) is 0 Å². The van der Waals surface area contributed by atoms with Crippen molar-refractivity contribution in [3.8, 4) is 0 Å². The first-order valence-corrected chi connectivity index (χ1v) is 5.54. The van der Waals surface area contributed by atoms with Crippen LogP contribution in [0.15, 0.2) is 0 Å². The zero-order chi connectivity index (χ0) is 11.7. The van der Waals surface area contributed by atoms with Gasteiger partial charge in [-0.1, -0.05) is 0 Å². The van der Waals surface area contributed by atoms with E-state index in [1.165, 1.54) is 0 Å². The monoisotopic (exact) mass is 234 g/mol. The van der Waals surface area contributed by atoms with Crippen LogP contribution in [0, 0.1) is 0 Å². The minimum absolute atomic E-state index is 0.0473. The van der Waals surface area contributed by atoms with E-state index < -0.39 is 5.97 Å². The highest BCUT2D eigenvalue weighted by Crippen LogP contribution is 1.97. The third-order valence-corrected chi connectivity index (χ3v) is 2.20. The van der Waals surface area contributed by atoms with Crippen LogP contribution < -0.4 is 10.6 Å². The first-order chi connectivity index (χ1) is 7.06. The van der Waals surface area contributed by atoms with Crippen molar-refractivity contribution in [3.05, 3.63) is 0 Å². The molecule has 0 bridgehead atoms. The third kappa shape index (κ3) is 9.07. The summed E-state index contributed by atoms with van der Waals surface area (Å²) in [7, 11) is 0. The van der Waals surface area contributed by atoms with Crippen molar-refractivity contribution in [1.82, 2.24) is 10.6 Å². The molecule has 0 spiro atoms. The van der Waals surface area contributed by atoms with E-state index in [4.69, 9.17) is 5.11 Å². The fourth-order valence-corrected chi connectivity index (χ4v) is 1.28. The third-order valence-electron chi connectivity index (χ3n) is 1.28. The quantitative estimate of drug-likeness (QED) is 0.528. The van der Waals surface area contributed by atoms with Crippen LogP contribution in [0.1, 0.15) is 6.92 Å². The molecule has 0 heterocycles. The highest BCUT2D eigenvalue weighted by Gasteiger charge is 2.05. The summed E-state index contributed by atoms with van der Waals surface area (Å²) in [6, 6.07) is 0. The van der Waals surface area contributed by atoms with Gasteiger partial charge in [-0.3, -0.25) is 14.4 Å². The van der Waals surface area contributed by atoms with E-state index in [9.17, 15) is 14.4 Å². The van der Waals surface area contributed by atoms with E-state index in [0.717, 1.165) is 11.8 Å². The molecular formula is C8H14N2O4S. The number of carboxylic acids is 1. The predicted molar refractivity (Wildman–Crippen MR) is 56.7 cm³/mol. The van der Waals surface area contributed by atoms with Crippen LogP contribution in [0.5, 0.6) is 0 Å². The molecule has 0 aliphatic heterocycles. The van der Waals surface area contributed by atoms with Gasteiger partial charge in [-0.05, 0) is 6.92 Å². The largest absolute Gasteiger partial charge is 0.481 e. The average Bonchev–Trinajstić information content (AvgIpc) is 2.14. The Morgan fingerprint density at radius 1 is 1.13 bits per heavy atom. The van der Waals surface area contributed by atoms with Crippen molar-refractivity contribution in [2.45, 2.75) is 6.92 Å². The molecule has 7 heteroatoms. The van der Waals surface area contributed by atoms with Crippen LogP contribution in [0.3, 0.4) is 0 Å². The molecule has 0 saturated heterocycles. The van der Waals surface area contributed by atoms with Crippen molar-refractivity contribution >= 4 is 29.5 Å². The molecule has 0 saturated carbocycles. The number of hydrogen-bond acceptors (Lipinski definition) is 4. The molecule has 0 rings (SSSR count). The summed E-state index contributed by atoms with van der Waals surface area (Å²) in [4.78, 5) is 32.0. The van der Waals surface area contributed by atoms with E-state index >= 15 is 0 Å². The Hall–Kier alpha value is -1.24.